The zero-order valence-corrected chi connectivity index (χ0v) is 9.92. The summed E-state index contributed by atoms with van der Waals surface area (Å²) in [7, 11) is 0. The predicted octanol–water partition coefficient (Wildman–Crippen LogP) is 2.73. The van der Waals surface area contributed by atoms with Gasteiger partial charge in [-0.1, -0.05) is 0 Å². The molecule has 0 radical (unpaired) electrons. The quantitative estimate of drug-likeness (QED) is 0.531. The van der Waals surface area contributed by atoms with Crippen molar-refractivity contribution in [2.24, 2.45) is 5.92 Å². The number of carbonyl (C=O) groups excluding carboxylic acids is 1. The molecular formula is C7H15ClGeO. The van der Waals surface area contributed by atoms with Gasteiger partial charge in [-0.2, -0.15) is 0 Å². The molecule has 1 unspecified atom stereocenters. The molecule has 10 heavy (non-hydrogen) atoms. The van der Waals surface area contributed by atoms with Crippen molar-refractivity contribution in [2.75, 3.05) is 0 Å². The Balaban J connectivity index is 3.80. The van der Waals surface area contributed by atoms with Crippen LogP contribution < -0.4 is 0 Å². The Morgan fingerprint density at radius 1 is 1.50 bits per heavy atom. The van der Waals surface area contributed by atoms with Crippen LogP contribution in [0.1, 0.15) is 6.92 Å². The summed E-state index contributed by atoms with van der Waals surface area (Å²) >= 11 is 3.79. The summed E-state index contributed by atoms with van der Waals surface area (Å²) in [6.07, 6.45) is 0. The van der Waals surface area contributed by atoms with E-state index >= 15 is 0 Å². The van der Waals surface area contributed by atoms with Gasteiger partial charge in [0.25, 0.3) is 0 Å². The molecule has 0 aromatic rings. The topological polar surface area (TPSA) is 17.1 Å². The van der Waals surface area contributed by atoms with Crippen molar-refractivity contribution < 1.29 is 4.79 Å². The van der Waals surface area contributed by atoms with E-state index in [4.69, 9.17) is 11.6 Å². The average molecular weight is 223 g/mol. The monoisotopic (exact) mass is 224 g/mol. The summed E-state index contributed by atoms with van der Waals surface area (Å²) < 4.78 is 0. The van der Waals surface area contributed by atoms with Crippen LogP contribution >= 0.6 is 11.6 Å². The predicted molar refractivity (Wildman–Crippen MR) is 48.2 cm³/mol. The van der Waals surface area contributed by atoms with Gasteiger partial charge >= 0.3 is 70.3 Å². The van der Waals surface area contributed by atoms with Gasteiger partial charge in [-0.3, -0.25) is 0 Å². The Kier molecular flexibility index (Phi) is 3.96. The Morgan fingerprint density at radius 2 is 1.90 bits per heavy atom. The molecule has 0 bridgehead atoms. The van der Waals surface area contributed by atoms with Gasteiger partial charge in [0.05, 0.1) is 0 Å². The second-order valence-electron chi connectivity index (χ2n) is 3.97. The van der Waals surface area contributed by atoms with Gasteiger partial charge in [0.1, 0.15) is 0 Å². The molecule has 1 nitrogen and oxygen atoms in total. The molecule has 0 N–H and O–H groups in total. The van der Waals surface area contributed by atoms with Crippen LogP contribution in [-0.2, 0) is 4.79 Å². The van der Waals surface area contributed by atoms with Crippen molar-refractivity contribution in [3.8, 4) is 0 Å². The van der Waals surface area contributed by atoms with E-state index in [1.54, 1.807) is 0 Å². The van der Waals surface area contributed by atoms with Crippen molar-refractivity contribution in [3.05, 3.63) is 0 Å². The summed E-state index contributed by atoms with van der Waals surface area (Å²) in [5, 5.41) is 0.864. The van der Waals surface area contributed by atoms with Crippen LogP contribution in [0.4, 0.5) is 0 Å². The third-order valence-corrected chi connectivity index (χ3v) is 5.53. The van der Waals surface area contributed by atoms with E-state index in [1.165, 1.54) is 0 Å². The van der Waals surface area contributed by atoms with Crippen LogP contribution in [0.3, 0.4) is 0 Å². The summed E-state index contributed by atoms with van der Waals surface area (Å²) in [6, 6.07) is 0. The van der Waals surface area contributed by atoms with Gasteiger partial charge in [0, 0.05) is 0 Å². The third-order valence-electron chi connectivity index (χ3n) is 1.31. The van der Waals surface area contributed by atoms with E-state index in [1.807, 2.05) is 6.92 Å². The van der Waals surface area contributed by atoms with Crippen LogP contribution in [0.2, 0.25) is 22.5 Å². The molecule has 0 spiro atoms. The molecular weight excluding hydrogens is 208 g/mol. The second kappa shape index (κ2) is 3.77. The fraction of sp³-hybridized carbons (Fsp3) is 0.857. The Morgan fingerprint density at radius 3 is 2.00 bits per heavy atom. The average Bonchev–Trinajstić information content (AvgIpc) is 1.60. The molecule has 0 fully saturated rings. The zero-order chi connectivity index (χ0) is 8.36. The molecule has 0 aromatic heterocycles. The third kappa shape index (κ3) is 5.30. The zero-order valence-electron chi connectivity index (χ0n) is 7.07. The number of rotatable bonds is 3. The van der Waals surface area contributed by atoms with Crippen LogP contribution in [0.25, 0.3) is 0 Å². The molecule has 0 heterocycles. The van der Waals surface area contributed by atoms with Crippen LogP contribution in [0, 0.1) is 5.92 Å². The number of carbonyl (C=O) groups is 1. The molecule has 0 aliphatic heterocycles. The molecule has 60 valence electrons. The fourth-order valence-electron chi connectivity index (χ4n) is 0.999. The van der Waals surface area contributed by atoms with Crippen LogP contribution in [0.15, 0.2) is 0 Å². The molecule has 0 saturated carbocycles. The van der Waals surface area contributed by atoms with Gasteiger partial charge in [0.15, 0.2) is 0 Å². The van der Waals surface area contributed by atoms with Crippen molar-refractivity contribution in [1.82, 2.24) is 0 Å². The van der Waals surface area contributed by atoms with Gasteiger partial charge in [0.2, 0.25) is 0 Å². The maximum atomic E-state index is 10.6. The van der Waals surface area contributed by atoms with Crippen LogP contribution in [0.5, 0.6) is 0 Å². The van der Waals surface area contributed by atoms with E-state index in [0.717, 1.165) is 5.25 Å². The normalized spacial score (nSPS) is 14.9. The molecule has 0 aliphatic rings. The number of hydrogen-bond donors (Lipinski definition) is 0. The second-order valence-corrected chi connectivity index (χ2v) is 15.9. The molecule has 0 rings (SSSR count). The van der Waals surface area contributed by atoms with Gasteiger partial charge in [-0.05, 0) is 0 Å². The first-order valence-corrected chi connectivity index (χ1v) is 11.7. The Hall–Kier alpha value is 0.503. The molecule has 3 heteroatoms. The molecule has 0 amide bonds. The van der Waals surface area contributed by atoms with Crippen molar-refractivity contribution in [1.29, 1.82) is 0 Å². The summed E-state index contributed by atoms with van der Waals surface area (Å²) in [6.45, 7) is 1.91. The number of halogens is 1. The van der Waals surface area contributed by atoms with E-state index in [2.05, 4.69) is 17.3 Å². The van der Waals surface area contributed by atoms with Crippen molar-refractivity contribution in [3.63, 3.8) is 0 Å². The van der Waals surface area contributed by atoms with Crippen LogP contribution in [-0.4, -0.2) is 18.5 Å². The molecule has 0 saturated heterocycles. The van der Waals surface area contributed by atoms with Gasteiger partial charge in [-0.25, -0.2) is 0 Å². The minimum absolute atomic E-state index is 0.0710. The number of hydrogen-bond acceptors (Lipinski definition) is 1. The summed E-state index contributed by atoms with van der Waals surface area (Å²) in [5.41, 5.74) is 0. The van der Waals surface area contributed by atoms with E-state index in [0.29, 0.717) is 0 Å². The van der Waals surface area contributed by atoms with E-state index < -0.39 is 13.3 Å². The molecule has 1 atom stereocenters. The van der Waals surface area contributed by atoms with Gasteiger partial charge < -0.3 is 0 Å². The van der Waals surface area contributed by atoms with E-state index in [9.17, 15) is 4.79 Å². The van der Waals surface area contributed by atoms with Gasteiger partial charge in [-0.15, -0.1) is 0 Å². The fourth-order valence-corrected chi connectivity index (χ4v) is 5.59. The first-order valence-electron chi connectivity index (χ1n) is 3.52. The SMILES string of the molecule is CC([CH2][Ge]([CH3])([CH3])[CH3])C(=O)Cl. The first kappa shape index (κ1) is 10.5. The summed E-state index contributed by atoms with van der Waals surface area (Å²) in [4.78, 5) is 10.6. The molecule has 0 aliphatic carbocycles. The Labute approximate surface area is 70.5 Å². The standard InChI is InChI=1S/C7H15ClGeO/c1-6(7(8)10)5-9(2,3)4/h6H,5H2,1-4H3. The van der Waals surface area contributed by atoms with Crippen molar-refractivity contribution >= 4 is 30.1 Å². The van der Waals surface area contributed by atoms with Crippen molar-refractivity contribution in [2.45, 2.75) is 29.4 Å². The molecule has 0 aromatic carbocycles. The minimum atomic E-state index is -1.54. The Bertz CT molecular complexity index is 128. The summed E-state index contributed by atoms with van der Waals surface area (Å²) in [5.74, 6) is 6.94. The first-order chi connectivity index (χ1) is 4.33. The van der Waals surface area contributed by atoms with E-state index in [-0.39, 0.29) is 11.2 Å². The maximum absolute atomic E-state index is 10.6.